The Bertz CT molecular complexity index is 680. The molecule has 0 heterocycles. The average Bonchev–Trinajstić information content (AvgIpc) is 2.68. The third kappa shape index (κ3) is 7.55. The van der Waals surface area contributed by atoms with Crippen LogP contribution in [0.1, 0.15) is 68.2 Å². The van der Waals surface area contributed by atoms with E-state index < -0.39 is 11.7 Å². The molecule has 2 aromatic rings. The molecule has 0 saturated heterocycles. The Hall–Kier alpha value is -2.01. The Balaban J connectivity index is 1.77. The number of alkyl halides is 3. The summed E-state index contributed by atoms with van der Waals surface area (Å²) in [6, 6.07) is 12.5. The van der Waals surface area contributed by atoms with Crippen LogP contribution in [0.3, 0.4) is 0 Å². The monoisotopic (exact) mass is 393 g/mol. The normalized spacial score (nSPS) is 12.8. The molecule has 0 spiro atoms. The van der Waals surface area contributed by atoms with Crippen LogP contribution in [-0.4, -0.2) is 6.61 Å². The van der Waals surface area contributed by atoms with Gasteiger partial charge < -0.3 is 10.5 Å². The highest BCUT2D eigenvalue weighted by atomic mass is 19.4. The number of benzene rings is 2. The van der Waals surface area contributed by atoms with Crippen molar-refractivity contribution < 1.29 is 17.9 Å². The lowest BCUT2D eigenvalue weighted by Gasteiger charge is -2.14. The summed E-state index contributed by atoms with van der Waals surface area (Å²) in [5, 5.41) is 0. The molecule has 5 heteroatoms. The lowest BCUT2D eigenvalue weighted by atomic mass is 9.98. The highest BCUT2D eigenvalue weighted by Crippen LogP contribution is 2.30. The number of rotatable bonds is 11. The summed E-state index contributed by atoms with van der Waals surface area (Å²) in [7, 11) is 0. The minimum absolute atomic E-state index is 0.350. The summed E-state index contributed by atoms with van der Waals surface area (Å²) >= 11 is 0. The average molecular weight is 393 g/mol. The molecule has 1 atom stereocenters. The van der Waals surface area contributed by atoms with Gasteiger partial charge in [0.1, 0.15) is 5.75 Å². The lowest BCUT2D eigenvalue weighted by Crippen LogP contribution is -2.14. The van der Waals surface area contributed by atoms with E-state index in [2.05, 4.69) is 6.92 Å². The van der Waals surface area contributed by atoms with Crippen LogP contribution >= 0.6 is 0 Å². The summed E-state index contributed by atoms with van der Waals surface area (Å²) in [5.74, 6) is 0.834. The van der Waals surface area contributed by atoms with Gasteiger partial charge in [0.2, 0.25) is 0 Å². The topological polar surface area (TPSA) is 35.2 Å². The van der Waals surface area contributed by atoms with Gasteiger partial charge in [-0.1, -0.05) is 63.3 Å². The first-order valence-electron chi connectivity index (χ1n) is 10.0. The van der Waals surface area contributed by atoms with Crippen LogP contribution in [0.15, 0.2) is 48.5 Å². The second-order valence-corrected chi connectivity index (χ2v) is 7.19. The van der Waals surface area contributed by atoms with Crippen LogP contribution in [0.2, 0.25) is 0 Å². The molecule has 2 nitrogen and oxygen atoms in total. The fraction of sp³-hybridized carbons (Fsp3) is 0.478. The second-order valence-electron chi connectivity index (χ2n) is 7.19. The van der Waals surface area contributed by atoms with Gasteiger partial charge in [0, 0.05) is 6.04 Å². The van der Waals surface area contributed by atoms with Crippen molar-refractivity contribution in [2.24, 2.45) is 5.73 Å². The first-order valence-corrected chi connectivity index (χ1v) is 10.0. The van der Waals surface area contributed by atoms with Crippen LogP contribution in [0.5, 0.6) is 5.75 Å². The third-order valence-corrected chi connectivity index (χ3v) is 4.81. The SMILES string of the molecule is CCCCCCCCOc1ccc(CC(N)c2ccc(C(F)(F)F)cc2)cc1. The summed E-state index contributed by atoms with van der Waals surface area (Å²) in [4.78, 5) is 0. The van der Waals surface area contributed by atoms with E-state index in [9.17, 15) is 13.2 Å². The lowest BCUT2D eigenvalue weighted by molar-refractivity contribution is -0.137. The van der Waals surface area contributed by atoms with Crippen molar-refractivity contribution in [3.8, 4) is 5.75 Å². The largest absolute Gasteiger partial charge is 0.494 e. The standard InChI is InChI=1S/C23H30F3NO/c1-2-3-4-5-6-7-16-28-21-14-8-18(9-15-21)17-22(27)19-10-12-20(13-11-19)23(24,25)26/h8-15,22H,2-7,16-17,27H2,1H3. The maximum Gasteiger partial charge on any atom is 0.416 e. The van der Waals surface area contributed by atoms with Gasteiger partial charge in [-0.3, -0.25) is 0 Å². The van der Waals surface area contributed by atoms with Crippen molar-refractivity contribution in [3.63, 3.8) is 0 Å². The fourth-order valence-corrected chi connectivity index (χ4v) is 3.09. The van der Waals surface area contributed by atoms with E-state index in [4.69, 9.17) is 10.5 Å². The molecular weight excluding hydrogens is 363 g/mol. The van der Waals surface area contributed by atoms with E-state index >= 15 is 0 Å². The molecule has 2 aromatic carbocycles. The molecule has 0 fully saturated rings. The maximum atomic E-state index is 12.6. The van der Waals surface area contributed by atoms with Crippen LogP contribution in [0.25, 0.3) is 0 Å². The van der Waals surface area contributed by atoms with Gasteiger partial charge in [-0.2, -0.15) is 13.2 Å². The number of nitrogens with two attached hydrogens (primary N) is 1. The van der Waals surface area contributed by atoms with E-state index in [0.717, 1.165) is 36.5 Å². The van der Waals surface area contributed by atoms with Crippen LogP contribution in [0.4, 0.5) is 13.2 Å². The number of hydrogen-bond donors (Lipinski definition) is 1. The van der Waals surface area contributed by atoms with E-state index in [0.29, 0.717) is 12.0 Å². The highest BCUT2D eigenvalue weighted by molar-refractivity contribution is 5.31. The van der Waals surface area contributed by atoms with Crippen LogP contribution in [0, 0.1) is 0 Å². The van der Waals surface area contributed by atoms with Gasteiger partial charge in [0.15, 0.2) is 0 Å². The van der Waals surface area contributed by atoms with E-state index in [1.54, 1.807) is 0 Å². The summed E-state index contributed by atoms with van der Waals surface area (Å²) in [6.07, 6.45) is 3.60. The molecular formula is C23H30F3NO. The smallest absolute Gasteiger partial charge is 0.416 e. The molecule has 0 radical (unpaired) electrons. The fourth-order valence-electron chi connectivity index (χ4n) is 3.09. The van der Waals surface area contributed by atoms with Gasteiger partial charge in [-0.25, -0.2) is 0 Å². The van der Waals surface area contributed by atoms with Crippen molar-refractivity contribution in [1.82, 2.24) is 0 Å². The summed E-state index contributed by atoms with van der Waals surface area (Å²) in [6.45, 7) is 2.93. The molecule has 2 rings (SSSR count). The maximum absolute atomic E-state index is 12.6. The quantitative estimate of drug-likeness (QED) is 0.432. The zero-order valence-electron chi connectivity index (χ0n) is 16.5. The minimum atomic E-state index is -4.33. The Morgan fingerprint density at radius 1 is 0.857 bits per heavy atom. The molecule has 2 N–H and O–H groups in total. The molecule has 154 valence electrons. The van der Waals surface area contributed by atoms with E-state index in [1.165, 1.54) is 44.2 Å². The Labute approximate surface area is 165 Å². The van der Waals surface area contributed by atoms with Gasteiger partial charge in [-0.05, 0) is 48.2 Å². The molecule has 0 saturated carbocycles. The van der Waals surface area contributed by atoms with E-state index in [-0.39, 0.29) is 6.04 Å². The molecule has 0 bridgehead atoms. The Morgan fingerprint density at radius 2 is 1.46 bits per heavy atom. The molecule has 1 unspecified atom stereocenters. The van der Waals surface area contributed by atoms with Crippen LogP contribution < -0.4 is 10.5 Å². The summed E-state index contributed by atoms with van der Waals surface area (Å²) in [5.41, 5.74) is 7.22. The molecule has 0 aliphatic heterocycles. The second kappa shape index (κ2) is 11.1. The first kappa shape index (κ1) is 22.3. The zero-order chi connectivity index (χ0) is 20.4. The number of halogens is 3. The van der Waals surface area contributed by atoms with Crippen molar-refractivity contribution in [2.75, 3.05) is 6.61 Å². The first-order chi connectivity index (χ1) is 13.4. The van der Waals surface area contributed by atoms with Gasteiger partial charge in [0.25, 0.3) is 0 Å². The Kier molecular flexibility index (Phi) is 8.84. The van der Waals surface area contributed by atoms with Crippen LogP contribution in [-0.2, 0) is 12.6 Å². The van der Waals surface area contributed by atoms with Gasteiger partial charge >= 0.3 is 6.18 Å². The predicted octanol–water partition coefficient (Wildman–Crippen LogP) is 6.69. The highest BCUT2D eigenvalue weighted by Gasteiger charge is 2.30. The predicted molar refractivity (Wildman–Crippen MR) is 107 cm³/mol. The van der Waals surface area contributed by atoms with Gasteiger partial charge in [0.05, 0.1) is 12.2 Å². The molecule has 0 aliphatic rings. The zero-order valence-corrected chi connectivity index (χ0v) is 16.5. The van der Waals surface area contributed by atoms with Crippen molar-refractivity contribution in [1.29, 1.82) is 0 Å². The van der Waals surface area contributed by atoms with Crippen molar-refractivity contribution in [3.05, 3.63) is 65.2 Å². The molecule has 0 aliphatic carbocycles. The summed E-state index contributed by atoms with van der Waals surface area (Å²) < 4.78 is 43.7. The Morgan fingerprint density at radius 3 is 2.07 bits per heavy atom. The number of ether oxygens (including phenoxy) is 1. The van der Waals surface area contributed by atoms with Crippen molar-refractivity contribution in [2.45, 2.75) is 64.1 Å². The van der Waals surface area contributed by atoms with Crippen molar-refractivity contribution >= 4 is 0 Å². The number of hydrogen-bond acceptors (Lipinski definition) is 2. The molecule has 0 aromatic heterocycles. The molecule has 28 heavy (non-hydrogen) atoms. The number of unbranched alkanes of at least 4 members (excludes halogenated alkanes) is 5. The molecule has 0 amide bonds. The minimum Gasteiger partial charge on any atom is -0.494 e. The van der Waals surface area contributed by atoms with Gasteiger partial charge in [-0.15, -0.1) is 0 Å². The van der Waals surface area contributed by atoms with E-state index in [1.807, 2.05) is 24.3 Å². The third-order valence-electron chi connectivity index (χ3n) is 4.81.